The summed E-state index contributed by atoms with van der Waals surface area (Å²) < 4.78 is 0. The van der Waals surface area contributed by atoms with E-state index >= 15 is 0 Å². The topological polar surface area (TPSA) is 57.5 Å². The van der Waals surface area contributed by atoms with Crippen molar-refractivity contribution in [1.82, 2.24) is 0 Å². The maximum Gasteiger partial charge on any atom is 0.305 e. The number of hydrogen-bond donors (Lipinski definition) is 2. The summed E-state index contributed by atoms with van der Waals surface area (Å²) in [6.45, 7) is 10.9. The summed E-state index contributed by atoms with van der Waals surface area (Å²) in [7, 11) is 0. The molecular weight excluding hydrogens is 216 g/mol. The smallest absolute Gasteiger partial charge is 0.305 e. The molecule has 0 saturated heterocycles. The molecule has 0 heterocycles. The number of rotatable bonds is 2. The largest absolute Gasteiger partial charge is 0.508 e. The molecule has 0 aliphatic rings. The second kappa shape index (κ2) is 6.94. The van der Waals surface area contributed by atoms with Gasteiger partial charge in [0.2, 0.25) is 0 Å². The second-order valence-corrected chi connectivity index (χ2v) is 4.29. The fraction of sp³-hybridized carbons (Fsp3) is 0.357. The van der Waals surface area contributed by atoms with E-state index < -0.39 is 5.97 Å². The number of carboxylic acids is 1. The first-order chi connectivity index (χ1) is 7.75. The number of aryl methyl sites for hydroxylation is 1. The average Bonchev–Trinajstić information content (AvgIpc) is 2.17. The van der Waals surface area contributed by atoms with Crippen molar-refractivity contribution in [2.45, 2.75) is 27.7 Å². The van der Waals surface area contributed by atoms with Gasteiger partial charge in [0.05, 0.1) is 5.92 Å². The van der Waals surface area contributed by atoms with Gasteiger partial charge in [-0.3, -0.25) is 4.79 Å². The molecule has 17 heavy (non-hydrogen) atoms. The summed E-state index contributed by atoms with van der Waals surface area (Å²) in [5.74, 6) is 0.236. The first-order valence-corrected chi connectivity index (χ1v) is 5.44. The van der Waals surface area contributed by atoms with E-state index in [-0.39, 0.29) is 5.92 Å². The molecule has 0 aromatic heterocycles. The molecule has 2 radical (unpaired) electrons. The Labute approximate surface area is 103 Å². The zero-order valence-electron chi connectivity index (χ0n) is 10.8. The Morgan fingerprint density at radius 2 is 1.82 bits per heavy atom. The van der Waals surface area contributed by atoms with E-state index in [0.717, 1.165) is 17.0 Å². The molecule has 0 amide bonds. The highest BCUT2D eigenvalue weighted by Gasteiger charge is 2.04. The highest BCUT2D eigenvalue weighted by atomic mass is 16.4. The fourth-order valence-electron chi connectivity index (χ4n) is 1.00. The summed E-state index contributed by atoms with van der Waals surface area (Å²) in [5, 5.41) is 17.4. The monoisotopic (exact) mass is 236 g/mol. The lowest BCUT2D eigenvalue weighted by molar-refractivity contribution is -0.140. The van der Waals surface area contributed by atoms with E-state index in [1.807, 2.05) is 26.0 Å². The molecule has 1 aromatic rings. The van der Waals surface area contributed by atoms with Gasteiger partial charge in [0.25, 0.3) is 0 Å². The van der Waals surface area contributed by atoms with Gasteiger partial charge >= 0.3 is 5.97 Å². The van der Waals surface area contributed by atoms with Crippen molar-refractivity contribution in [2.24, 2.45) is 5.92 Å². The van der Waals surface area contributed by atoms with E-state index in [9.17, 15) is 9.90 Å². The zero-order chi connectivity index (χ0) is 13.6. The maximum absolute atomic E-state index is 9.70. The van der Waals surface area contributed by atoms with Crippen molar-refractivity contribution < 1.29 is 15.0 Å². The molecule has 94 valence electrons. The third-order valence-electron chi connectivity index (χ3n) is 2.11. The Balaban J connectivity index is 0.000000366. The van der Waals surface area contributed by atoms with Gasteiger partial charge in [-0.2, -0.15) is 0 Å². The first-order valence-electron chi connectivity index (χ1n) is 5.44. The summed E-state index contributed by atoms with van der Waals surface area (Å²) in [5.41, 5.74) is 1.89. The highest BCUT2D eigenvalue weighted by molar-refractivity contribution is 5.68. The number of hydrogen-bond acceptors (Lipinski definition) is 2. The normalized spacial score (nSPS) is 10.1. The van der Waals surface area contributed by atoms with E-state index in [2.05, 4.69) is 6.92 Å². The quantitative estimate of drug-likeness (QED) is 0.829. The zero-order valence-corrected chi connectivity index (χ0v) is 10.8. The number of aromatic hydroxyl groups is 1. The summed E-state index contributed by atoms with van der Waals surface area (Å²) in [6, 6.07) is 5.58. The Morgan fingerprint density at radius 1 is 1.35 bits per heavy atom. The van der Waals surface area contributed by atoms with Crippen LogP contribution in [0.2, 0.25) is 0 Å². The van der Waals surface area contributed by atoms with Gasteiger partial charge in [0.15, 0.2) is 0 Å². The van der Waals surface area contributed by atoms with Crippen LogP contribution in [0.15, 0.2) is 18.2 Å². The molecule has 1 aromatic carbocycles. The van der Waals surface area contributed by atoms with Gasteiger partial charge in [0, 0.05) is 11.5 Å². The Morgan fingerprint density at radius 3 is 2.12 bits per heavy atom. The third-order valence-corrected chi connectivity index (χ3v) is 2.11. The lowest BCUT2D eigenvalue weighted by Gasteiger charge is -2.07. The molecule has 3 nitrogen and oxygen atoms in total. The molecule has 0 unspecified atom stereocenters. The van der Waals surface area contributed by atoms with Crippen LogP contribution in [0, 0.1) is 25.7 Å². The van der Waals surface area contributed by atoms with Crippen LogP contribution in [0.1, 0.15) is 31.9 Å². The minimum Gasteiger partial charge on any atom is -0.508 e. The predicted molar refractivity (Wildman–Crippen MR) is 68.7 cm³/mol. The fourth-order valence-corrected chi connectivity index (χ4v) is 1.00. The van der Waals surface area contributed by atoms with Gasteiger partial charge in [-0.05, 0) is 25.5 Å². The number of carboxylic acid groups (broad SMARTS) is 1. The van der Waals surface area contributed by atoms with E-state index in [4.69, 9.17) is 5.11 Å². The molecule has 2 N–H and O–H groups in total. The first kappa shape index (κ1) is 15.5. The molecule has 0 spiro atoms. The molecule has 0 atom stereocenters. The maximum atomic E-state index is 9.70. The van der Waals surface area contributed by atoms with Gasteiger partial charge < -0.3 is 10.2 Å². The van der Waals surface area contributed by atoms with Crippen LogP contribution < -0.4 is 0 Å². The Hall–Kier alpha value is -1.51. The van der Waals surface area contributed by atoms with Gasteiger partial charge in [0.1, 0.15) is 5.75 Å². The van der Waals surface area contributed by atoms with E-state index in [1.165, 1.54) is 0 Å². The number of phenolic OH excluding ortho intramolecular Hbond substituents is 1. The van der Waals surface area contributed by atoms with Crippen molar-refractivity contribution in [3.8, 4) is 5.75 Å². The summed E-state index contributed by atoms with van der Waals surface area (Å²) in [6.07, 6.45) is 0. The van der Waals surface area contributed by atoms with E-state index in [0.29, 0.717) is 5.75 Å². The van der Waals surface area contributed by atoms with Crippen LogP contribution in [0.3, 0.4) is 0 Å². The molecule has 0 saturated carbocycles. The minimum absolute atomic E-state index is 0.231. The standard InChI is InChI=1S/C10H12O.C4H8O2/c1-7(2)9-5-4-8(3)6-10(9)11;1-3(2)4(5)6/h4-6,11H,1H2,2-3H3;3H,1-2H3,(H,5,6). The average molecular weight is 236 g/mol. The van der Waals surface area contributed by atoms with Crippen molar-refractivity contribution in [3.63, 3.8) is 0 Å². The molecule has 1 rings (SSSR count). The highest BCUT2D eigenvalue weighted by Crippen LogP contribution is 2.24. The molecule has 0 aliphatic carbocycles. The van der Waals surface area contributed by atoms with Crippen molar-refractivity contribution in [2.75, 3.05) is 0 Å². The SMILES string of the molecule is CC(C)C(=O)O.[CH2][C](C)c1ccc(C)cc1O. The number of aliphatic carboxylic acids is 1. The number of phenols is 1. The van der Waals surface area contributed by atoms with Crippen LogP contribution in [0.4, 0.5) is 0 Å². The minimum atomic E-state index is -0.741. The van der Waals surface area contributed by atoms with Gasteiger partial charge in [-0.15, -0.1) is 0 Å². The van der Waals surface area contributed by atoms with Crippen LogP contribution >= 0.6 is 0 Å². The van der Waals surface area contributed by atoms with Crippen molar-refractivity contribution in [3.05, 3.63) is 42.2 Å². The molecular formula is C14H20O3. The van der Waals surface area contributed by atoms with E-state index in [1.54, 1.807) is 19.9 Å². The number of benzene rings is 1. The summed E-state index contributed by atoms with van der Waals surface area (Å²) in [4.78, 5) is 9.70. The Kier molecular flexibility index (Phi) is 6.33. The molecule has 3 heteroatoms. The third kappa shape index (κ3) is 5.95. The van der Waals surface area contributed by atoms with Crippen molar-refractivity contribution >= 4 is 5.97 Å². The van der Waals surface area contributed by atoms with Gasteiger partial charge in [-0.1, -0.05) is 32.9 Å². The van der Waals surface area contributed by atoms with Crippen LogP contribution in [-0.4, -0.2) is 16.2 Å². The molecule has 0 fully saturated rings. The molecule has 0 bridgehead atoms. The van der Waals surface area contributed by atoms with Gasteiger partial charge in [-0.25, -0.2) is 0 Å². The second-order valence-electron chi connectivity index (χ2n) is 4.29. The van der Waals surface area contributed by atoms with Crippen molar-refractivity contribution in [1.29, 1.82) is 0 Å². The lowest BCUT2D eigenvalue weighted by atomic mass is 10.0. The van der Waals surface area contributed by atoms with Crippen LogP contribution in [0.5, 0.6) is 5.75 Å². The summed E-state index contributed by atoms with van der Waals surface area (Å²) >= 11 is 0. The lowest BCUT2D eigenvalue weighted by Crippen LogP contribution is -2.03. The molecule has 0 aliphatic heterocycles. The van der Waals surface area contributed by atoms with Crippen LogP contribution in [0.25, 0.3) is 0 Å². The Bertz CT molecular complexity index is 368. The predicted octanol–water partition coefficient (Wildman–Crippen LogP) is 3.20. The van der Waals surface area contributed by atoms with Crippen LogP contribution in [-0.2, 0) is 4.79 Å². The number of carbonyl (C=O) groups is 1.